The van der Waals surface area contributed by atoms with Gasteiger partial charge in [-0.3, -0.25) is 0 Å². The molecule has 3 aromatic rings. The lowest BCUT2D eigenvalue weighted by Crippen LogP contribution is -1.87. The predicted octanol–water partition coefficient (Wildman–Crippen LogP) is 6.44. The van der Waals surface area contributed by atoms with Crippen LogP contribution in [-0.4, -0.2) is 7.11 Å². The SMILES string of the molecule is COc1ccc(/C(F)=C(\F)c2ccc(-c3ccc(C)cc3)cc2)cc1. The molecule has 0 aliphatic carbocycles. The fraction of sp³-hybridized carbons (Fsp3) is 0.0909. The first-order valence-electron chi connectivity index (χ1n) is 7.95. The first-order chi connectivity index (χ1) is 12.1. The minimum Gasteiger partial charge on any atom is -0.497 e. The molecule has 126 valence electrons. The minimum atomic E-state index is -0.884. The summed E-state index contributed by atoms with van der Waals surface area (Å²) >= 11 is 0. The summed E-state index contributed by atoms with van der Waals surface area (Å²) in [5.41, 5.74) is 3.57. The third kappa shape index (κ3) is 3.77. The van der Waals surface area contributed by atoms with Gasteiger partial charge in [-0.25, -0.2) is 8.78 Å². The second kappa shape index (κ2) is 7.31. The highest BCUT2D eigenvalue weighted by molar-refractivity contribution is 5.83. The van der Waals surface area contributed by atoms with Gasteiger partial charge in [0.05, 0.1) is 7.11 Å². The summed E-state index contributed by atoms with van der Waals surface area (Å²) in [6, 6.07) is 21.0. The summed E-state index contributed by atoms with van der Waals surface area (Å²) in [5.74, 6) is -1.16. The minimum absolute atomic E-state index is 0.181. The largest absolute Gasteiger partial charge is 0.497 e. The highest BCUT2D eigenvalue weighted by atomic mass is 19.2. The van der Waals surface area contributed by atoms with Crippen molar-refractivity contribution < 1.29 is 13.5 Å². The molecule has 0 spiro atoms. The lowest BCUT2D eigenvalue weighted by atomic mass is 10.0. The summed E-state index contributed by atoms with van der Waals surface area (Å²) in [5, 5.41) is 0. The Balaban J connectivity index is 1.88. The van der Waals surface area contributed by atoms with Gasteiger partial charge in [0.15, 0.2) is 11.7 Å². The number of benzene rings is 3. The van der Waals surface area contributed by atoms with E-state index in [9.17, 15) is 8.78 Å². The average molecular weight is 336 g/mol. The van der Waals surface area contributed by atoms with E-state index in [1.54, 1.807) is 36.4 Å². The predicted molar refractivity (Wildman–Crippen MR) is 98.6 cm³/mol. The van der Waals surface area contributed by atoms with Crippen molar-refractivity contribution in [2.75, 3.05) is 7.11 Å². The van der Waals surface area contributed by atoms with Crippen LogP contribution in [-0.2, 0) is 0 Å². The fourth-order valence-corrected chi connectivity index (χ4v) is 2.55. The molecule has 3 heteroatoms. The first-order valence-corrected chi connectivity index (χ1v) is 7.95. The molecule has 0 unspecified atom stereocenters. The number of aryl methyl sites for hydroxylation is 1. The second-order valence-electron chi connectivity index (χ2n) is 5.80. The number of rotatable bonds is 4. The second-order valence-corrected chi connectivity index (χ2v) is 5.80. The Labute approximate surface area is 146 Å². The molecule has 1 nitrogen and oxygen atoms in total. The lowest BCUT2D eigenvalue weighted by Gasteiger charge is -2.06. The summed E-state index contributed by atoms with van der Waals surface area (Å²) in [7, 11) is 1.53. The third-order valence-corrected chi connectivity index (χ3v) is 4.06. The molecule has 3 aromatic carbocycles. The van der Waals surface area contributed by atoms with Gasteiger partial charge >= 0.3 is 0 Å². The molecule has 0 saturated heterocycles. The van der Waals surface area contributed by atoms with Crippen molar-refractivity contribution in [2.24, 2.45) is 0 Å². The van der Waals surface area contributed by atoms with E-state index in [-0.39, 0.29) is 11.1 Å². The third-order valence-electron chi connectivity index (χ3n) is 4.06. The van der Waals surface area contributed by atoms with Crippen molar-refractivity contribution in [3.8, 4) is 16.9 Å². The zero-order chi connectivity index (χ0) is 17.8. The fourth-order valence-electron chi connectivity index (χ4n) is 2.55. The Morgan fingerprint density at radius 3 is 1.48 bits per heavy atom. The van der Waals surface area contributed by atoms with E-state index < -0.39 is 11.7 Å². The zero-order valence-electron chi connectivity index (χ0n) is 14.1. The van der Waals surface area contributed by atoms with E-state index in [2.05, 4.69) is 0 Å². The van der Waals surface area contributed by atoms with Crippen molar-refractivity contribution >= 4 is 11.7 Å². The van der Waals surface area contributed by atoms with Crippen molar-refractivity contribution in [3.63, 3.8) is 0 Å². The van der Waals surface area contributed by atoms with Gasteiger partial charge in [0.1, 0.15) is 5.75 Å². The van der Waals surface area contributed by atoms with Gasteiger partial charge < -0.3 is 4.74 Å². The topological polar surface area (TPSA) is 9.23 Å². The number of ether oxygens (including phenoxy) is 1. The van der Waals surface area contributed by atoms with E-state index in [1.165, 1.54) is 24.8 Å². The zero-order valence-corrected chi connectivity index (χ0v) is 14.1. The molecule has 0 saturated carbocycles. The molecule has 0 aromatic heterocycles. The number of halogens is 2. The Hall–Kier alpha value is -2.94. The molecule has 25 heavy (non-hydrogen) atoms. The monoisotopic (exact) mass is 336 g/mol. The molecule has 0 aliphatic rings. The quantitative estimate of drug-likeness (QED) is 0.498. The number of methoxy groups -OCH3 is 1. The van der Waals surface area contributed by atoms with Crippen LogP contribution >= 0.6 is 0 Å². The van der Waals surface area contributed by atoms with Gasteiger partial charge in [0.2, 0.25) is 0 Å². The van der Waals surface area contributed by atoms with Gasteiger partial charge in [-0.15, -0.1) is 0 Å². The molecule has 0 aliphatic heterocycles. The molecule has 0 N–H and O–H groups in total. The van der Waals surface area contributed by atoms with E-state index in [0.717, 1.165) is 11.1 Å². The van der Waals surface area contributed by atoms with Crippen molar-refractivity contribution in [2.45, 2.75) is 6.92 Å². The van der Waals surface area contributed by atoms with Crippen LogP contribution in [0.1, 0.15) is 16.7 Å². The van der Waals surface area contributed by atoms with Crippen LogP contribution < -0.4 is 4.74 Å². The molecular formula is C22H18F2O. The van der Waals surface area contributed by atoms with Gasteiger partial charge in [0, 0.05) is 11.1 Å². The molecule has 0 bridgehead atoms. The first kappa shape index (κ1) is 16.9. The van der Waals surface area contributed by atoms with Gasteiger partial charge in [0.25, 0.3) is 0 Å². The van der Waals surface area contributed by atoms with Crippen LogP contribution in [0.3, 0.4) is 0 Å². The van der Waals surface area contributed by atoms with Crippen molar-refractivity contribution in [1.29, 1.82) is 0 Å². The molecular weight excluding hydrogens is 318 g/mol. The maximum Gasteiger partial charge on any atom is 0.166 e. The molecule has 3 rings (SSSR count). The maximum absolute atomic E-state index is 14.5. The molecule has 0 amide bonds. The van der Waals surface area contributed by atoms with E-state index >= 15 is 0 Å². The lowest BCUT2D eigenvalue weighted by molar-refractivity contribution is 0.414. The smallest absolute Gasteiger partial charge is 0.166 e. The average Bonchev–Trinajstić information content (AvgIpc) is 2.67. The normalized spacial score (nSPS) is 11.8. The van der Waals surface area contributed by atoms with Crippen molar-refractivity contribution in [1.82, 2.24) is 0 Å². The van der Waals surface area contributed by atoms with Crippen LogP contribution in [0.15, 0.2) is 72.8 Å². The van der Waals surface area contributed by atoms with E-state index in [4.69, 9.17) is 4.74 Å². The summed E-state index contributed by atoms with van der Waals surface area (Å²) in [6.07, 6.45) is 0. The molecule has 0 fully saturated rings. The van der Waals surface area contributed by atoms with Crippen LogP contribution in [0.25, 0.3) is 22.8 Å². The number of hydrogen-bond donors (Lipinski definition) is 0. The standard InChI is InChI=1S/C22H18F2O/c1-15-3-5-16(6-4-15)17-7-9-18(10-8-17)21(23)22(24)19-11-13-20(25-2)14-12-19/h3-14H,1-2H3/b22-21+. The Bertz CT molecular complexity index is 877. The Morgan fingerprint density at radius 1 is 0.640 bits per heavy atom. The Morgan fingerprint density at radius 2 is 1.04 bits per heavy atom. The van der Waals surface area contributed by atoms with Crippen LogP contribution in [0, 0.1) is 6.92 Å². The Kier molecular flexibility index (Phi) is 4.94. The summed E-state index contributed by atoms with van der Waals surface area (Å²) < 4.78 is 33.9. The maximum atomic E-state index is 14.5. The summed E-state index contributed by atoms with van der Waals surface area (Å²) in [6.45, 7) is 2.02. The summed E-state index contributed by atoms with van der Waals surface area (Å²) in [4.78, 5) is 0. The highest BCUT2D eigenvalue weighted by Crippen LogP contribution is 2.31. The van der Waals surface area contributed by atoms with Crippen LogP contribution in [0.2, 0.25) is 0 Å². The van der Waals surface area contributed by atoms with Crippen LogP contribution in [0.4, 0.5) is 8.78 Å². The van der Waals surface area contributed by atoms with Gasteiger partial charge in [-0.05, 0) is 42.3 Å². The van der Waals surface area contributed by atoms with E-state index in [0.29, 0.717) is 5.75 Å². The van der Waals surface area contributed by atoms with E-state index in [1.807, 2.05) is 31.2 Å². The van der Waals surface area contributed by atoms with Gasteiger partial charge in [-0.1, -0.05) is 54.1 Å². The van der Waals surface area contributed by atoms with Crippen molar-refractivity contribution in [3.05, 3.63) is 89.5 Å². The van der Waals surface area contributed by atoms with Gasteiger partial charge in [-0.2, -0.15) is 0 Å². The highest BCUT2D eigenvalue weighted by Gasteiger charge is 2.12. The molecule has 0 atom stereocenters. The molecule has 0 heterocycles. The molecule has 0 radical (unpaired) electrons. The number of hydrogen-bond acceptors (Lipinski definition) is 1. The van der Waals surface area contributed by atoms with Crippen LogP contribution in [0.5, 0.6) is 5.75 Å².